The molecule has 6 nitrogen and oxygen atoms in total. The number of amides is 2. The molecular weight excluding hydrogens is 535 g/mol. The molecule has 4 rings (SSSR count). The van der Waals surface area contributed by atoms with E-state index in [1.165, 1.54) is 6.07 Å². The number of imide groups is 1. The van der Waals surface area contributed by atoms with Crippen LogP contribution in [0, 0.1) is 11.8 Å². The summed E-state index contributed by atoms with van der Waals surface area (Å²) >= 11 is 13.6. The molecule has 0 spiro atoms. The van der Waals surface area contributed by atoms with Crippen LogP contribution in [0.15, 0.2) is 58.9 Å². The van der Waals surface area contributed by atoms with Gasteiger partial charge in [-0.2, -0.15) is 0 Å². The first-order chi connectivity index (χ1) is 16.2. The first-order valence-electron chi connectivity index (χ1n) is 9.97. The molecular formula is C23H16Cl2N2O4S3. The highest BCUT2D eigenvalue weighted by Crippen LogP contribution is 2.46. The van der Waals surface area contributed by atoms with Crippen LogP contribution in [0.25, 0.3) is 10.6 Å². The second kappa shape index (κ2) is 10.1. The molecule has 0 saturated carbocycles. The van der Waals surface area contributed by atoms with E-state index in [-0.39, 0.29) is 17.1 Å². The number of nitrogens with zero attached hydrogens (tertiary/aromatic N) is 1. The molecule has 2 amide bonds. The quantitative estimate of drug-likeness (QED) is 0.308. The first kappa shape index (κ1) is 24.8. The fraction of sp³-hybridized carbons (Fsp3) is 0.174. The highest BCUT2D eigenvalue weighted by Gasteiger charge is 2.58. The van der Waals surface area contributed by atoms with Crippen molar-refractivity contribution in [3.63, 3.8) is 0 Å². The molecule has 0 bridgehead atoms. The van der Waals surface area contributed by atoms with Gasteiger partial charge in [0.05, 0.1) is 15.6 Å². The summed E-state index contributed by atoms with van der Waals surface area (Å²) in [6, 6.07) is 13.4. The van der Waals surface area contributed by atoms with Gasteiger partial charge in [-0.3, -0.25) is 19.9 Å². The van der Waals surface area contributed by atoms with Gasteiger partial charge in [0, 0.05) is 23.2 Å². The average molecular weight is 551 g/mol. The standard InChI is InChI=1S/C23H16Cl2N2O4S3/c24-16-8-9-17(25)15(14-16)6-2-1-4-12-23(21(28)27-22(29)33-23)34(30,31)20-11-10-19(32-20)18-7-3-5-13-26-18/h3,5,7-11,13-14H,1,4,12H2,(H,27,28,29). The minimum atomic E-state index is -4.19. The summed E-state index contributed by atoms with van der Waals surface area (Å²) in [5.74, 6) is 5.01. The Hall–Kier alpha value is -2.35. The van der Waals surface area contributed by atoms with E-state index in [4.69, 9.17) is 23.2 Å². The average Bonchev–Trinajstić information content (AvgIpc) is 3.42. The van der Waals surface area contributed by atoms with Crippen LogP contribution in [0.2, 0.25) is 10.0 Å². The van der Waals surface area contributed by atoms with E-state index >= 15 is 0 Å². The van der Waals surface area contributed by atoms with Crippen LogP contribution in [-0.4, -0.2) is 28.6 Å². The van der Waals surface area contributed by atoms with Crippen LogP contribution in [0.1, 0.15) is 24.8 Å². The minimum absolute atomic E-state index is 0.00213. The number of unbranched alkanes of at least 4 members (excludes halogenated alkanes) is 1. The Morgan fingerprint density at radius 3 is 2.62 bits per heavy atom. The fourth-order valence-electron chi connectivity index (χ4n) is 3.32. The van der Waals surface area contributed by atoms with Crippen LogP contribution in [-0.2, 0) is 14.6 Å². The van der Waals surface area contributed by atoms with Crippen LogP contribution < -0.4 is 5.32 Å². The Bertz CT molecular complexity index is 1430. The van der Waals surface area contributed by atoms with Gasteiger partial charge in [0.2, 0.25) is 13.9 Å². The van der Waals surface area contributed by atoms with Gasteiger partial charge in [0.15, 0.2) is 0 Å². The number of hydrogen-bond donors (Lipinski definition) is 1. The van der Waals surface area contributed by atoms with Gasteiger partial charge in [0.25, 0.3) is 11.1 Å². The van der Waals surface area contributed by atoms with E-state index in [0.29, 0.717) is 44.4 Å². The van der Waals surface area contributed by atoms with Gasteiger partial charge in [-0.15, -0.1) is 11.3 Å². The van der Waals surface area contributed by atoms with E-state index in [1.807, 2.05) is 0 Å². The van der Waals surface area contributed by atoms with E-state index in [2.05, 4.69) is 22.1 Å². The Morgan fingerprint density at radius 2 is 1.91 bits per heavy atom. The molecule has 174 valence electrons. The van der Waals surface area contributed by atoms with Gasteiger partial charge in [-0.25, -0.2) is 8.42 Å². The molecule has 11 heteroatoms. The number of sulfone groups is 1. The zero-order valence-corrected chi connectivity index (χ0v) is 21.3. The summed E-state index contributed by atoms with van der Waals surface area (Å²) < 4.78 is 25.3. The second-order valence-electron chi connectivity index (χ2n) is 7.21. The van der Waals surface area contributed by atoms with Crippen LogP contribution in [0.5, 0.6) is 0 Å². The normalized spacial score (nSPS) is 17.8. The summed E-state index contributed by atoms with van der Waals surface area (Å²) in [4.78, 5) is 29.7. The molecule has 3 heterocycles. The molecule has 1 fully saturated rings. The van der Waals surface area contributed by atoms with Crippen LogP contribution in [0.4, 0.5) is 4.79 Å². The van der Waals surface area contributed by atoms with Gasteiger partial charge in [-0.1, -0.05) is 41.1 Å². The lowest BCUT2D eigenvalue weighted by Crippen LogP contribution is -2.43. The number of benzene rings is 1. The van der Waals surface area contributed by atoms with Gasteiger partial charge in [0.1, 0.15) is 4.21 Å². The molecule has 0 aliphatic carbocycles. The third kappa shape index (κ3) is 4.88. The molecule has 1 N–H and O–H groups in total. The molecule has 2 aromatic heterocycles. The Morgan fingerprint density at radius 1 is 1.09 bits per heavy atom. The Kier molecular flexibility index (Phi) is 7.36. The molecule has 0 radical (unpaired) electrons. The molecule has 1 saturated heterocycles. The van der Waals surface area contributed by atoms with Crippen molar-refractivity contribution in [3.05, 3.63) is 70.3 Å². The lowest BCUT2D eigenvalue weighted by Gasteiger charge is -2.23. The maximum absolute atomic E-state index is 13.6. The topological polar surface area (TPSA) is 93.2 Å². The number of thioether (sulfide) groups is 1. The van der Waals surface area contributed by atoms with Gasteiger partial charge >= 0.3 is 0 Å². The second-order valence-corrected chi connectivity index (χ2v) is 13.1. The van der Waals surface area contributed by atoms with Crippen molar-refractivity contribution in [2.75, 3.05) is 0 Å². The first-order valence-corrected chi connectivity index (χ1v) is 13.8. The number of carbonyl (C=O) groups excluding carboxylic acids is 2. The maximum atomic E-state index is 13.6. The van der Waals surface area contributed by atoms with Gasteiger partial charge < -0.3 is 0 Å². The van der Waals surface area contributed by atoms with Crippen molar-refractivity contribution >= 4 is 67.3 Å². The molecule has 1 aliphatic rings. The predicted octanol–water partition coefficient (Wildman–Crippen LogP) is 5.79. The summed E-state index contributed by atoms with van der Waals surface area (Å²) in [5, 5.41) is 2.39. The summed E-state index contributed by atoms with van der Waals surface area (Å²) in [6.45, 7) is 0. The number of nitrogens with one attached hydrogen (secondary N) is 1. The number of rotatable bonds is 6. The van der Waals surface area contributed by atoms with Crippen molar-refractivity contribution in [2.24, 2.45) is 0 Å². The molecule has 1 atom stereocenters. The molecule has 1 aromatic carbocycles. The Labute approximate surface area is 215 Å². The molecule has 1 unspecified atom stereocenters. The lowest BCUT2D eigenvalue weighted by atomic mass is 10.1. The predicted molar refractivity (Wildman–Crippen MR) is 136 cm³/mol. The van der Waals surface area contributed by atoms with Crippen molar-refractivity contribution < 1.29 is 18.0 Å². The largest absolute Gasteiger partial charge is 0.287 e. The highest BCUT2D eigenvalue weighted by molar-refractivity contribution is 8.25. The molecule has 34 heavy (non-hydrogen) atoms. The van der Waals surface area contributed by atoms with Crippen molar-refractivity contribution in [1.29, 1.82) is 0 Å². The summed E-state index contributed by atoms with van der Waals surface area (Å²) in [5.41, 5.74) is 1.18. The van der Waals surface area contributed by atoms with E-state index in [1.54, 1.807) is 48.7 Å². The van der Waals surface area contributed by atoms with Crippen molar-refractivity contribution in [1.82, 2.24) is 10.3 Å². The third-order valence-electron chi connectivity index (χ3n) is 4.98. The summed E-state index contributed by atoms with van der Waals surface area (Å²) in [7, 11) is -4.19. The smallest absolute Gasteiger partial charge is 0.285 e. The van der Waals surface area contributed by atoms with E-state index < -0.39 is 25.1 Å². The highest BCUT2D eigenvalue weighted by atomic mass is 35.5. The third-order valence-corrected chi connectivity index (χ3v) is 11.2. The van der Waals surface area contributed by atoms with Crippen LogP contribution in [0.3, 0.4) is 0 Å². The maximum Gasteiger partial charge on any atom is 0.287 e. The fourth-order valence-corrected chi connectivity index (χ4v) is 8.71. The van der Waals surface area contributed by atoms with Crippen molar-refractivity contribution in [3.8, 4) is 22.4 Å². The monoisotopic (exact) mass is 550 g/mol. The minimum Gasteiger partial charge on any atom is -0.285 e. The number of hydrogen-bond acceptors (Lipinski definition) is 7. The zero-order valence-electron chi connectivity index (χ0n) is 17.4. The number of halogens is 2. The number of thiophene rings is 1. The van der Waals surface area contributed by atoms with E-state index in [9.17, 15) is 18.0 Å². The lowest BCUT2D eigenvalue weighted by molar-refractivity contribution is -0.120. The summed E-state index contributed by atoms with van der Waals surface area (Å²) in [6.07, 6.45) is 2.11. The van der Waals surface area contributed by atoms with Crippen LogP contribution >= 0.6 is 46.3 Å². The number of aromatic nitrogens is 1. The van der Waals surface area contributed by atoms with E-state index in [0.717, 1.165) is 11.3 Å². The molecule has 3 aromatic rings. The molecule has 1 aliphatic heterocycles. The SMILES string of the molecule is O=C1NC(=O)C(CCCC#Cc2cc(Cl)ccc2Cl)(S(=O)(=O)c2ccc(-c3ccccn3)s2)S1. The number of carbonyl (C=O) groups is 2. The Balaban J connectivity index is 1.57. The van der Waals surface area contributed by atoms with Gasteiger partial charge in [-0.05, 0) is 67.1 Å². The number of pyridine rings is 1. The van der Waals surface area contributed by atoms with Crippen molar-refractivity contribution in [2.45, 2.75) is 27.6 Å². The zero-order chi connectivity index (χ0) is 24.3.